The first-order chi connectivity index (χ1) is 13.3. The average molecular weight is 426 g/mol. The Morgan fingerprint density at radius 1 is 1.25 bits per heavy atom. The maximum atomic E-state index is 13.0. The number of amides is 2. The summed E-state index contributed by atoms with van der Waals surface area (Å²) < 4.78 is 39.0. The molecule has 1 saturated heterocycles. The molecule has 1 aromatic heterocycles. The number of amidine groups is 1. The van der Waals surface area contributed by atoms with E-state index in [1.54, 1.807) is 0 Å². The highest BCUT2D eigenvalue weighted by Crippen LogP contribution is 2.34. The van der Waals surface area contributed by atoms with Gasteiger partial charge >= 0.3 is 6.18 Å². The number of hydrogen-bond donors (Lipinski definition) is 2. The summed E-state index contributed by atoms with van der Waals surface area (Å²) in [5, 5.41) is 13.8. The fraction of sp³-hybridized carbons (Fsp3) is 0.176. The van der Waals surface area contributed by atoms with E-state index < -0.39 is 28.8 Å². The van der Waals surface area contributed by atoms with Gasteiger partial charge in [-0.15, -0.1) is 16.4 Å². The number of halogens is 3. The van der Waals surface area contributed by atoms with Crippen molar-refractivity contribution < 1.29 is 22.8 Å². The number of hydrogen-bond acceptors (Lipinski definition) is 6. The number of nitrogens with one attached hydrogen (secondary N) is 2. The smallest absolute Gasteiger partial charge is 0.325 e. The van der Waals surface area contributed by atoms with Crippen LogP contribution in [-0.2, 0) is 15.8 Å². The maximum Gasteiger partial charge on any atom is 0.418 e. The molecule has 0 aliphatic carbocycles. The molecular formula is C17H13F3N4O2S2. The fourth-order valence-corrected chi connectivity index (χ4v) is 3.80. The molecule has 0 bridgehead atoms. The van der Waals surface area contributed by atoms with E-state index in [0.29, 0.717) is 0 Å². The zero-order valence-corrected chi connectivity index (χ0v) is 15.7. The summed E-state index contributed by atoms with van der Waals surface area (Å²) in [7, 11) is 0. The minimum absolute atomic E-state index is 0.228. The highest BCUT2D eigenvalue weighted by Gasteiger charge is 2.35. The zero-order valence-electron chi connectivity index (χ0n) is 14.1. The Morgan fingerprint density at radius 2 is 2.04 bits per heavy atom. The van der Waals surface area contributed by atoms with Crippen LogP contribution in [0.5, 0.6) is 0 Å². The lowest BCUT2D eigenvalue weighted by atomic mass is 10.1. The van der Waals surface area contributed by atoms with Crippen LogP contribution >= 0.6 is 23.1 Å². The first-order valence-corrected chi connectivity index (χ1v) is 9.67. The van der Waals surface area contributed by atoms with Crippen molar-refractivity contribution in [3.05, 3.63) is 52.2 Å². The van der Waals surface area contributed by atoms with Crippen molar-refractivity contribution >= 4 is 52.0 Å². The molecule has 1 fully saturated rings. The second kappa shape index (κ2) is 8.57. The normalized spacial score (nSPS) is 18.6. The van der Waals surface area contributed by atoms with Gasteiger partial charge in [0.15, 0.2) is 5.17 Å². The molecule has 2 heterocycles. The van der Waals surface area contributed by atoms with E-state index in [1.807, 2.05) is 17.5 Å². The van der Waals surface area contributed by atoms with Crippen LogP contribution in [0.2, 0.25) is 0 Å². The van der Waals surface area contributed by atoms with Crippen LogP contribution < -0.4 is 10.6 Å². The third-order valence-electron chi connectivity index (χ3n) is 3.53. The van der Waals surface area contributed by atoms with Gasteiger partial charge in [0.2, 0.25) is 11.8 Å². The third-order valence-corrected chi connectivity index (χ3v) is 5.41. The van der Waals surface area contributed by atoms with E-state index in [0.717, 1.165) is 28.8 Å². The Kier molecular flexibility index (Phi) is 6.15. The summed E-state index contributed by atoms with van der Waals surface area (Å²) in [6.45, 7) is 0. The van der Waals surface area contributed by atoms with Crippen LogP contribution in [-0.4, -0.2) is 28.4 Å². The molecule has 3 rings (SSSR count). The number of para-hydroxylation sites is 1. The quantitative estimate of drug-likeness (QED) is 0.565. The van der Waals surface area contributed by atoms with Gasteiger partial charge in [0.25, 0.3) is 0 Å². The van der Waals surface area contributed by atoms with Crippen molar-refractivity contribution in [1.82, 2.24) is 5.32 Å². The van der Waals surface area contributed by atoms with Gasteiger partial charge in [0.1, 0.15) is 5.25 Å². The summed E-state index contributed by atoms with van der Waals surface area (Å²) in [5.41, 5.74) is -1.30. The molecule has 1 aliphatic rings. The number of benzene rings is 1. The first-order valence-electron chi connectivity index (χ1n) is 7.91. The third kappa shape index (κ3) is 5.20. The van der Waals surface area contributed by atoms with Crippen LogP contribution in [0.25, 0.3) is 0 Å². The lowest BCUT2D eigenvalue weighted by Crippen LogP contribution is -2.28. The second-order valence-corrected chi connectivity index (χ2v) is 7.73. The first kappa shape index (κ1) is 20.1. The molecule has 0 spiro atoms. The molecule has 2 amide bonds. The van der Waals surface area contributed by atoms with Gasteiger partial charge in [0.05, 0.1) is 17.5 Å². The summed E-state index contributed by atoms with van der Waals surface area (Å²) >= 11 is 2.47. The Labute approximate surface area is 165 Å². The van der Waals surface area contributed by atoms with Crippen molar-refractivity contribution in [2.75, 3.05) is 5.32 Å². The monoisotopic (exact) mass is 426 g/mol. The maximum absolute atomic E-state index is 13.0. The predicted octanol–water partition coefficient (Wildman–Crippen LogP) is 3.72. The van der Waals surface area contributed by atoms with Gasteiger partial charge in [-0.05, 0) is 23.6 Å². The standard InChI is InChI=1S/C17H13F3N4O2S2/c18-17(19,20)11-5-1-2-6-12(11)22-14(25)8-13-15(26)23-16(28-13)24-21-9-10-4-3-7-27-10/h1-7,9,13H,8H2,(H,22,25)(H,23,24,26)/b21-9-/t13-/m0/s1. The van der Waals surface area contributed by atoms with Crippen molar-refractivity contribution in [3.8, 4) is 0 Å². The fourth-order valence-electron chi connectivity index (χ4n) is 2.30. The van der Waals surface area contributed by atoms with Gasteiger partial charge < -0.3 is 10.6 Å². The lowest BCUT2D eigenvalue weighted by Gasteiger charge is -2.14. The molecule has 0 radical (unpaired) electrons. The molecule has 0 saturated carbocycles. The van der Waals surface area contributed by atoms with Gasteiger partial charge in [0, 0.05) is 11.3 Å². The lowest BCUT2D eigenvalue weighted by molar-refractivity contribution is -0.137. The summed E-state index contributed by atoms with van der Waals surface area (Å²) in [5.74, 6) is -1.15. The van der Waals surface area contributed by atoms with Crippen LogP contribution in [0.15, 0.2) is 52.0 Å². The van der Waals surface area contributed by atoms with Crippen LogP contribution in [0.3, 0.4) is 0 Å². The molecule has 1 aromatic carbocycles. The van der Waals surface area contributed by atoms with Crippen molar-refractivity contribution in [2.24, 2.45) is 10.2 Å². The van der Waals surface area contributed by atoms with E-state index in [2.05, 4.69) is 20.8 Å². The van der Waals surface area contributed by atoms with E-state index >= 15 is 0 Å². The molecule has 11 heteroatoms. The van der Waals surface area contributed by atoms with Gasteiger partial charge in [-0.25, -0.2) is 0 Å². The number of nitrogens with zero attached hydrogens (tertiary/aromatic N) is 2. The number of carbonyl (C=O) groups excluding carboxylic acids is 2. The average Bonchev–Trinajstić information content (AvgIpc) is 3.25. The summed E-state index contributed by atoms with van der Waals surface area (Å²) in [4.78, 5) is 25.0. The van der Waals surface area contributed by atoms with Crippen LogP contribution in [0, 0.1) is 0 Å². The largest absolute Gasteiger partial charge is 0.418 e. The second-order valence-electron chi connectivity index (χ2n) is 5.56. The molecule has 146 valence electrons. The van der Waals surface area contributed by atoms with Gasteiger partial charge in [-0.3, -0.25) is 9.59 Å². The Balaban J connectivity index is 1.60. The van der Waals surface area contributed by atoms with E-state index in [9.17, 15) is 22.8 Å². The molecule has 2 N–H and O–H groups in total. The molecule has 1 atom stereocenters. The minimum Gasteiger partial charge on any atom is -0.325 e. The van der Waals surface area contributed by atoms with E-state index in [4.69, 9.17) is 0 Å². The zero-order chi connectivity index (χ0) is 20.1. The molecule has 1 aliphatic heterocycles. The number of thioether (sulfide) groups is 1. The predicted molar refractivity (Wildman–Crippen MR) is 104 cm³/mol. The molecule has 0 unspecified atom stereocenters. The van der Waals surface area contributed by atoms with E-state index in [1.165, 1.54) is 29.7 Å². The highest BCUT2D eigenvalue weighted by molar-refractivity contribution is 8.15. The van der Waals surface area contributed by atoms with Crippen molar-refractivity contribution in [2.45, 2.75) is 17.8 Å². The Hall–Kier alpha value is -2.66. The molecule has 6 nitrogen and oxygen atoms in total. The molecule has 28 heavy (non-hydrogen) atoms. The van der Waals surface area contributed by atoms with Crippen LogP contribution in [0.4, 0.5) is 18.9 Å². The SMILES string of the molecule is O=C(C[C@@H]1S/C(=N/N=C\c2cccs2)NC1=O)Nc1ccccc1C(F)(F)F. The topological polar surface area (TPSA) is 82.9 Å². The number of anilines is 1. The van der Waals surface area contributed by atoms with Crippen LogP contribution in [0.1, 0.15) is 16.9 Å². The Bertz CT molecular complexity index is 927. The molecular weight excluding hydrogens is 413 g/mol. The van der Waals surface area contributed by atoms with Crippen molar-refractivity contribution in [1.29, 1.82) is 0 Å². The number of rotatable bonds is 5. The summed E-state index contributed by atoms with van der Waals surface area (Å²) in [6, 6.07) is 8.37. The number of thiophene rings is 1. The summed E-state index contributed by atoms with van der Waals surface area (Å²) in [6.07, 6.45) is -3.36. The molecule has 2 aromatic rings. The highest BCUT2D eigenvalue weighted by atomic mass is 32.2. The van der Waals surface area contributed by atoms with Crippen molar-refractivity contribution in [3.63, 3.8) is 0 Å². The number of carbonyl (C=O) groups is 2. The number of alkyl halides is 3. The minimum atomic E-state index is -4.59. The Morgan fingerprint density at radius 3 is 2.75 bits per heavy atom. The van der Waals surface area contributed by atoms with E-state index in [-0.39, 0.29) is 17.3 Å². The van der Waals surface area contributed by atoms with Gasteiger partial charge in [-0.2, -0.15) is 18.3 Å². The van der Waals surface area contributed by atoms with Gasteiger partial charge in [-0.1, -0.05) is 30.0 Å².